The number of carbonyl (C=O) groups is 2. The third-order valence-electron chi connectivity index (χ3n) is 4.96. The molecule has 29 heavy (non-hydrogen) atoms. The SMILES string of the molecule is CC(C)(C)NC(=O)c1ccccc1NC(=O)C1CCN(c2cccc(Cl)c2)CC1. The summed E-state index contributed by atoms with van der Waals surface area (Å²) in [5.41, 5.74) is 1.77. The Morgan fingerprint density at radius 2 is 1.72 bits per heavy atom. The van der Waals surface area contributed by atoms with E-state index in [4.69, 9.17) is 11.6 Å². The van der Waals surface area contributed by atoms with Gasteiger partial charge in [-0.15, -0.1) is 0 Å². The fourth-order valence-corrected chi connectivity index (χ4v) is 3.69. The van der Waals surface area contributed by atoms with Crippen molar-refractivity contribution in [3.05, 3.63) is 59.1 Å². The minimum atomic E-state index is -0.346. The minimum absolute atomic E-state index is 0.0354. The third kappa shape index (κ3) is 5.73. The van der Waals surface area contributed by atoms with Crippen LogP contribution in [0, 0.1) is 5.92 Å². The van der Waals surface area contributed by atoms with Crippen molar-refractivity contribution in [1.29, 1.82) is 0 Å². The Bertz CT molecular complexity index is 884. The summed E-state index contributed by atoms with van der Waals surface area (Å²) in [5.74, 6) is -0.305. The van der Waals surface area contributed by atoms with Crippen molar-refractivity contribution in [3.63, 3.8) is 0 Å². The van der Waals surface area contributed by atoms with Gasteiger partial charge in [-0.2, -0.15) is 0 Å². The number of hydrogen-bond acceptors (Lipinski definition) is 3. The average Bonchev–Trinajstić information content (AvgIpc) is 2.67. The van der Waals surface area contributed by atoms with Crippen LogP contribution in [-0.2, 0) is 4.79 Å². The molecule has 1 fully saturated rings. The maximum absolute atomic E-state index is 12.8. The quantitative estimate of drug-likeness (QED) is 0.762. The van der Waals surface area contributed by atoms with Gasteiger partial charge in [0.1, 0.15) is 0 Å². The van der Waals surface area contributed by atoms with Crippen molar-refractivity contribution in [3.8, 4) is 0 Å². The number of hydrogen-bond donors (Lipinski definition) is 2. The maximum atomic E-state index is 12.8. The summed E-state index contributed by atoms with van der Waals surface area (Å²) in [4.78, 5) is 27.7. The zero-order valence-corrected chi connectivity index (χ0v) is 17.9. The lowest BCUT2D eigenvalue weighted by molar-refractivity contribution is -0.120. The van der Waals surface area contributed by atoms with Crippen LogP contribution in [0.4, 0.5) is 11.4 Å². The largest absolute Gasteiger partial charge is 0.371 e. The molecule has 0 atom stereocenters. The van der Waals surface area contributed by atoms with E-state index in [1.165, 1.54) is 0 Å². The first-order chi connectivity index (χ1) is 13.7. The molecule has 2 aromatic carbocycles. The molecule has 3 rings (SSSR count). The van der Waals surface area contributed by atoms with Crippen LogP contribution in [0.5, 0.6) is 0 Å². The van der Waals surface area contributed by atoms with Gasteiger partial charge in [0.05, 0.1) is 11.3 Å². The zero-order valence-electron chi connectivity index (χ0n) is 17.2. The Labute approximate surface area is 177 Å². The highest BCUT2D eigenvalue weighted by molar-refractivity contribution is 6.30. The fraction of sp³-hybridized carbons (Fsp3) is 0.391. The number of nitrogens with one attached hydrogen (secondary N) is 2. The number of amides is 2. The van der Waals surface area contributed by atoms with E-state index in [1.807, 2.05) is 51.1 Å². The number of anilines is 2. The molecule has 5 nitrogen and oxygen atoms in total. The van der Waals surface area contributed by atoms with Crippen LogP contribution in [0.15, 0.2) is 48.5 Å². The van der Waals surface area contributed by atoms with Crippen molar-refractivity contribution in [2.24, 2.45) is 5.92 Å². The first-order valence-corrected chi connectivity index (χ1v) is 10.3. The smallest absolute Gasteiger partial charge is 0.253 e. The summed E-state index contributed by atoms with van der Waals surface area (Å²) >= 11 is 6.09. The fourth-order valence-electron chi connectivity index (χ4n) is 3.51. The molecule has 1 heterocycles. The van der Waals surface area contributed by atoms with Crippen LogP contribution in [0.3, 0.4) is 0 Å². The van der Waals surface area contributed by atoms with Crippen molar-refractivity contribution < 1.29 is 9.59 Å². The molecule has 6 heteroatoms. The number of halogens is 1. The molecule has 0 aromatic heterocycles. The molecule has 2 amide bonds. The van der Waals surface area contributed by atoms with Crippen LogP contribution in [0.2, 0.25) is 5.02 Å². The zero-order chi connectivity index (χ0) is 21.0. The van der Waals surface area contributed by atoms with Gasteiger partial charge in [-0.05, 0) is 63.9 Å². The maximum Gasteiger partial charge on any atom is 0.253 e. The van der Waals surface area contributed by atoms with Gasteiger partial charge in [0.15, 0.2) is 0 Å². The highest BCUT2D eigenvalue weighted by atomic mass is 35.5. The van der Waals surface area contributed by atoms with Gasteiger partial charge in [-0.25, -0.2) is 0 Å². The standard InChI is InChI=1S/C23H28ClN3O2/c1-23(2,3)26-22(29)19-9-4-5-10-20(19)25-21(28)16-11-13-27(14-12-16)18-8-6-7-17(24)15-18/h4-10,15-16H,11-14H2,1-3H3,(H,25,28)(H,26,29). The molecule has 1 aliphatic heterocycles. The summed E-state index contributed by atoms with van der Waals surface area (Å²) in [6.07, 6.45) is 1.52. The minimum Gasteiger partial charge on any atom is -0.371 e. The summed E-state index contributed by atoms with van der Waals surface area (Å²) in [6, 6.07) is 14.9. The second-order valence-corrected chi connectivity index (χ2v) is 8.92. The molecule has 0 unspecified atom stereocenters. The van der Waals surface area contributed by atoms with Gasteiger partial charge in [-0.3, -0.25) is 9.59 Å². The van der Waals surface area contributed by atoms with Crippen molar-refractivity contribution in [2.75, 3.05) is 23.3 Å². The Kier molecular flexibility index (Phi) is 6.48. The molecule has 1 saturated heterocycles. The van der Waals surface area contributed by atoms with E-state index in [2.05, 4.69) is 15.5 Å². The Morgan fingerprint density at radius 3 is 2.38 bits per heavy atom. The van der Waals surface area contributed by atoms with Crippen LogP contribution in [-0.4, -0.2) is 30.4 Å². The predicted molar refractivity (Wildman–Crippen MR) is 119 cm³/mol. The van der Waals surface area contributed by atoms with E-state index in [-0.39, 0.29) is 23.3 Å². The highest BCUT2D eigenvalue weighted by Gasteiger charge is 2.26. The van der Waals surface area contributed by atoms with Gasteiger partial charge in [0.25, 0.3) is 5.91 Å². The molecule has 0 saturated carbocycles. The monoisotopic (exact) mass is 413 g/mol. The lowest BCUT2D eigenvalue weighted by atomic mass is 9.95. The van der Waals surface area contributed by atoms with Crippen molar-refractivity contribution >= 4 is 34.8 Å². The second-order valence-electron chi connectivity index (χ2n) is 8.48. The number of para-hydroxylation sites is 1. The van der Waals surface area contributed by atoms with Gasteiger partial charge >= 0.3 is 0 Å². The molecular formula is C23H28ClN3O2. The molecule has 2 aromatic rings. The van der Waals surface area contributed by atoms with Crippen LogP contribution in [0.1, 0.15) is 44.0 Å². The van der Waals surface area contributed by atoms with Gasteiger partial charge in [0, 0.05) is 35.3 Å². The van der Waals surface area contributed by atoms with Crippen LogP contribution in [0.25, 0.3) is 0 Å². The lowest BCUT2D eigenvalue weighted by Gasteiger charge is -2.33. The molecule has 0 radical (unpaired) electrons. The first kappa shape index (κ1) is 21.2. The second kappa shape index (κ2) is 8.87. The Morgan fingerprint density at radius 1 is 1.03 bits per heavy atom. The first-order valence-electron chi connectivity index (χ1n) is 9.96. The summed E-state index contributed by atoms with van der Waals surface area (Å²) in [5, 5.41) is 6.64. The molecule has 0 bridgehead atoms. The molecule has 0 spiro atoms. The van der Waals surface area contributed by atoms with Crippen LogP contribution >= 0.6 is 11.6 Å². The third-order valence-corrected chi connectivity index (χ3v) is 5.19. The van der Waals surface area contributed by atoms with Crippen molar-refractivity contribution in [1.82, 2.24) is 5.32 Å². The Hall–Kier alpha value is -2.53. The van der Waals surface area contributed by atoms with Gasteiger partial charge in [0.2, 0.25) is 5.91 Å². The van der Waals surface area contributed by atoms with Crippen LogP contribution < -0.4 is 15.5 Å². The number of rotatable bonds is 4. The molecule has 154 valence electrons. The van der Waals surface area contributed by atoms with Gasteiger partial charge < -0.3 is 15.5 Å². The molecular weight excluding hydrogens is 386 g/mol. The predicted octanol–water partition coefficient (Wildman–Crippen LogP) is 4.72. The summed E-state index contributed by atoms with van der Waals surface area (Å²) in [7, 11) is 0. The summed E-state index contributed by atoms with van der Waals surface area (Å²) in [6.45, 7) is 7.38. The number of piperidine rings is 1. The van der Waals surface area contributed by atoms with Gasteiger partial charge in [-0.1, -0.05) is 29.8 Å². The van der Waals surface area contributed by atoms with E-state index in [0.29, 0.717) is 16.3 Å². The highest BCUT2D eigenvalue weighted by Crippen LogP contribution is 2.27. The molecule has 1 aliphatic rings. The molecule has 0 aliphatic carbocycles. The average molecular weight is 414 g/mol. The molecule has 2 N–H and O–H groups in total. The lowest BCUT2D eigenvalue weighted by Crippen LogP contribution is -2.41. The van der Waals surface area contributed by atoms with Crippen molar-refractivity contribution in [2.45, 2.75) is 39.2 Å². The Balaban J connectivity index is 1.62. The number of carbonyl (C=O) groups excluding carboxylic acids is 2. The van der Waals surface area contributed by atoms with E-state index in [1.54, 1.807) is 18.2 Å². The normalized spacial score (nSPS) is 15.1. The van der Waals surface area contributed by atoms with E-state index in [9.17, 15) is 9.59 Å². The van der Waals surface area contributed by atoms with E-state index < -0.39 is 0 Å². The van der Waals surface area contributed by atoms with E-state index in [0.717, 1.165) is 31.6 Å². The summed E-state index contributed by atoms with van der Waals surface area (Å²) < 4.78 is 0. The topological polar surface area (TPSA) is 61.4 Å². The van der Waals surface area contributed by atoms with E-state index >= 15 is 0 Å². The number of nitrogens with zero attached hydrogens (tertiary/aromatic N) is 1. The number of benzene rings is 2.